The van der Waals surface area contributed by atoms with Crippen LogP contribution < -0.4 is 5.32 Å². The first-order valence-corrected chi connectivity index (χ1v) is 7.41. The van der Waals surface area contributed by atoms with Crippen LogP contribution in [0.1, 0.15) is 24.5 Å². The van der Waals surface area contributed by atoms with Gasteiger partial charge in [-0.15, -0.1) is 0 Å². The maximum atomic E-state index is 13.4. The molecular weight excluding hydrogens is 237 g/mol. The summed E-state index contributed by atoms with van der Waals surface area (Å²) in [5.74, 6) is -0.171. The molecule has 1 rings (SSSR count). The zero-order valence-corrected chi connectivity index (χ0v) is 11.4. The summed E-state index contributed by atoms with van der Waals surface area (Å²) in [5, 5.41) is 3.37. The molecule has 4 heteroatoms. The molecule has 0 spiro atoms. The highest BCUT2D eigenvalue weighted by Gasteiger charge is 2.06. The zero-order valence-electron chi connectivity index (χ0n) is 10.6. The number of hydrogen-bond acceptors (Lipinski definition) is 2. The molecule has 2 nitrogen and oxygen atoms in total. The Balaban J connectivity index is 2.36. The van der Waals surface area contributed by atoms with Crippen LogP contribution in [0, 0.1) is 12.7 Å². The molecule has 2 atom stereocenters. The second-order valence-electron chi connectivity index (χ2n) is 4.37. The van der Waals surface area contributed by atoms with E-state index in [1.165, 1.54) is 6.07 Å². The topological polar surface area (TPSA) is 29.1 Å². The lowest BCUT2D eigenvalue weighted by atomic mass is 10.1. The second-order valence-corrected chi connectivity index (χ2v) is 6.17. The van der Waals surface area contributed by atoms with Crippen molar-refractivity contribution in [3.8, 4) is 0 Å². The Morgan fingerprint density at radius 2 is 2.18 bits per heavy atom. The minimum absolute atomic E-state index is 0.171. The fourth-order valence-electron chi connectivity index (χ4n) is 1.53. The number of nitrogens with one attached hydrogen (secondary N) is 1. The van der Waals surface area contributed by atoms with Crippen molar-refractivity contribution in [3.05, 3.63) is 35.1 Å². The highest BCUT2D eigenvalue weighted by Crippen LogP contribution is 2.09. The Morgan fingerprint density at radius 1 is 1.47 bits per heavy atom. The third-order valence-corrected chi connectivity index (χ3v) is 4.18. The Morgan fingerprint density at radius 3 is 2.82 bits per heavy atom. The standard InChI is InChI=1S/C13H20FNOS/c1-10-4-5-13(14)12(8-10)9-15-7-6-11(2)17(3)16/h4-5,8,11,15H,6-7,9H2,1-3H3. The van der Waals surface area contributed by atoms with Crippen LogP contribution in [0.3, 0.4) is 0 Å². The predicted molar refractivity (Wildman–Crippen MR) is 71.0 cm³/mol. The van der Waals surface area contributed by atoms with Gasteiger partial charge in [-0.05, 0) is 26.0 Å². The van der Waals surface area contributed by atoms with Gasteiger partial charge in [-0.2, -0.15) is 0 Å². The highest BCUT2D eigenvalue weighted by molar-refractivity contribution is 7.84. The van der Waals surface area contributed by atoms with Crippen molar-refractivity contribution in [2.75, 3.05) is 12.8 Å². The molecule has 0 saturated carbocycles. The van der Waals surface area contributed by atoms with E-state index in [4.69, 9.17) is 0 Å². The maximum absolute atomic E-state index is 13.4. The van der Waals surface area contributed by atoms with Gasteiger partial charge in [0.1, 0.15) is 5.82 Å². The minimum Gasteiger partial charge on any atom is -0.313 e. The van der Waals surface area contributed by atoms with E-state index in [0.717, 1.165) is 18.5 Å². The molecule has 0 saturated heterocycles. The molecule has 0 amide bonds. The smallest absolute Gasteiger partial charge is 0.127 e. The van der Waals surface area contributed by atoms with Gasteiger partial charge >= 0.3 is 0 Å². The molecule has 0 radical (unpaired) electrons. The molecule has 0 bridgehead atoms. The summed E-state index contributed by atoms with van der Waals surface area (Å²) in [6.45, 7) is 5.20. The van der Waals surface area contributed by atoms with Crippen molar-refractivity contribution in [2.45, 2.75) is 32.1 Å². The molecule has 1 aromatic rings. The highest BCUT2D eigenvalue weighted by atomic mass is 32.2. The Labute approximate surface area is 105 Å². The van der Waals surface area contributed by atoms with Crippen LogP contribution in [0.25, 0.3) is 0 Å². The largest absolute Gasteiger partial charge is 0.313 e. The van der Waals surface area contributed by atoms with E-state index in [1.54, 1.807) is 12.3 Å². The SMILES string of the molecule is Cc1ccc(F)c(CNCCC(C)S(C)=O)c1. The quantitative estimate of drug-likeness (QED) is 0.793. The van der Waals surface area contributed by atoms with Crippen LogP contribution in [0.4, 0.5) is 4.39 Å². The molecule has 2 unspecified atom stereocenters. The molecule has 0 aliphatic rings. The first kappa shape index (κ1) is 14.3. The number of aryl methyl sites for hydroxylation is 1. The molecule has 0 aromatic heterocycles. The second kappa shape index (κ2) is 6.87. The van der Waals surface area contributed by atoms with Crippen LogP contribution in [-0.2, 0) is 17.3 Å². The van der Waals surface area contributed by atoms with Crippen LogP contribution in [0.2, 0.25) is 0 Å². The normalized spacial score (nSPS) is 14.6. The first-order valence-electron chi connectivity index (χ1n) is 5.78. The molecule has 1 N–H and O–H groups in total. The van der Waals surface area contributed by atoms with E-state index in [1.807, 2.05) is 19.9 Å². The average Bonchev–Trinajstić information content (AvgIpc) is 2.28. The average molecular weight is 257 g/mol. The Bertz CT molecular complexity index is 395. The van der Waals surface area contributed by atoms with E-state index >= 15 is 0 Å². The number of hydrogen-bond donors (Lipinski definition) is 1. The van der Waals surface area contributed by atoms with E-state index in [-0.39, 0.29) is 11.1 Å². The summed E-state index contributed by atoms with van der Waals surface area (Å²) < 4.78 is 24.5. The fraction of sp³-hybridized carbons (Fsp3) is 0.538. The summed E-state index contributed by atoms with van der Waals surface area (Å²) in [7, 11) is -0.780. The summed E-state index contributed by atoms with van der Waals surface area (Å²) in [6.07, 6.45) is 2.56. The van der Waals surface area contributed by atoms with Crippen LogP contribution in [0.15, 0.2) is 18.2 Å². The van der Waals surface area contributed by atoms with Gasteiger partial charge in [0.25, 0.3) is 0 Å². The van der Waals surface area contributed by atoms with Crippen LogP contribution >= 0.6 is 0 Å². The van der Waals surface area contributed by atoms with Gasteiger partial charge in [-0.1, -0.05) is 24.6 Å². The molecule has 0 fully saturated rings. The Hall–Kier alpha value is -0.740. The summed E-state index contributed by atoms with van der Waals surface area (Å²) in [5.41, 5.74) is 1.75. The third-order valence-electron chi connectivity index (χ3n) is 2.81. The lowest BCUT2D eigenvalue weighted by Gasteiger charge is -2.10. The molecule has 0 heterocycles. The molecular formula is C13H20FNOS. The molecule has 1 aromatic carbocycles. The van der Waals surface area contributed by atoms with Crippen molar-refractivity contribution in [2.24, 2.45) is 0 Å². The van der Waals surface area contributed by atoms with Gasteiger partial charge in [0.15, 0.2) is 0 Å². The fourth-order valence-corrected chi connectivity index (χ4v) is 1.98. The van der Waals surface area contributed by atoms with E-state index in [9.17, 15) is 8.60 Å². The van der Waals surface area contributed by atoms with E-state index in [0.29, 0.717) is 12.1 Å². The number of benzene rings is 1. The van der Waals surface area contributed by atoms with Gasteiger partial charge in [-0.3, -0.25) is 4.21 Å². The predicted octanol–water partition coefficient (Wildman–Crippen LogP) is 2.38. The monoisotopic (exact) mass is 257 g/mol. The summed E-state index contributed by atoms with van der Waals surface area (Å²) in [6, 6.07) is 5.11. The van der Waals surface area contributed by atoms with Crippen molar-refractivity contribution in [3.63, 3.8) is 0 Å². The lowest BCUT2D eigenvalue weighted by molar-refractivity contribution is 0.578. The Kier molecular flexibility index (Phi) is 5.78. The van der Waals surface area contributed by atoms with Crippen LogP contribution in [-0.4, -0.2) is 22.3 Å². The third kappa shape index (κ3) is 4.96. The lowest BCUT2D eigenvalue weighted by Crippen LogP contribution is -2.21. The van der Waals surface area contributed by atoms with Crippen molar-refractivity contribution < 1.29 is 8.60 Å². The van der Waals surface area contributed by atoms with Gasteiger partial charge in [-0.25, -0.2) is 4.39 Å². The van der Waals surface area contributed by atoms with E-state index in [2.05, 4.69) is 5.32 Å². The first-order chi connectivity index (χ1) is 8.00. The van der Waals surface area contributed by atoms with Gasteiger partial charge in [0.2, 0.25) is 0 Å². The van der Waals surface area contributed by atoms with Gasteiger partial charge in [0.05, 0.1) is 0 Å². The van der Waals surface area contributed by atoms with Crippen LogP contribution in [0.5, 0.6) is 0 Å². The zero-order chi connectivity index (χ0) is 12.8. The van der Waals surface area contributed by atoms with E-state index < -0.39 is 10.8 Å². The molecule has 0 aliphatic carbocycles. The van der Waals surface area contributed by atoms with Crippen molar-refractivity contribution in [1.82, 2.24) is 5.32 Å². The molecule has 0 aliphatic heterocycles. The molecule has 17 heavy (non-hydrogen) atoms. The molecule has 96 valence electrons. The van der Waals surface area contributed by atoms with Gasteiger partial charge in [0, 0.05) is 34.4 Å². The summed E-state index contributed by atoms with van der Waals surface area (Å²) >= 11 is 0. The van der Waals surface area contributed by atoms with Crippen molar-refractivity contribution >= 4 is 10.8 Å². The minimum atomic E-state index is -0.780. The van der Waals surface area contributed by atoms with Gasteiger partial charge < -0.3 is 5.32 Å². The maximum Gasteiger partial charge on any atom is 0.127 e. The number of halogens is 1. The number of rotatable bonds is 6. The summed E-state index contributed by atoms with van der Waals surface area (Å²) in [4.78, 5) is 0. The van der Waals surface area contributed by atoms with Crippen molar-refractivity contribution in [1.29, 1.82) is 0 Å².